The van der Waals surface area contributed by atoms with Crippen molar-refractivity contribution < 1.29 is 4.39 Å². The molecule has 0 aliphatic rings. The molecular formula is C12H20ClF. The van der Waals surface area contributed by atoms with Crippen molar-refractivity contribution in [1.29, 1.82) is 0 Å². The fourth-order valence-electron chi connectivity index (χ4n) is 1.18. The van der Waals surface area contributed by atoms with Gasteiger partial charge in [-0.1, -0.05) is 33.3 Å². The topological polar surface area (TPSA) is 0 Å². The SMILES string of the molecule is CC(CCl)=C(C=C(F)C(C)C)C(C)C. The Kier molecular flexibility index (Phi) is 6.10. The monoisotopic (exact) mass is 218 g/mol. The molecule has 0 aromatic heterocycles. The highest BCUT2D eigenvalue weighted by Gasteiger charge is 2.08. The summed E-state index contributed by atoms with van der Waals surface area (Å²) in [6.45, 7) is 9.75. The van der Waals surface area contributed by atoms with Crippen LogP contribution in [0.2, 0.25) is 0 Å². The van der Waals surface area contributed by atoms with Crippen LogP contribution in [0.4, 0.5) is 4.39 Å². The van der Waals surface area contributed by atoms with E-state index in [4.69, 9.17) is 11.6 Å². The van der Waals surface area contributed by atoms with Gasteiger partial charge in [0.05, 0.1) is 0 Å². The molecule has 0 saturated heterocycles. The fraction of sp³-hybridized carbons (Fsp3) is 0.667. The van der Waals surface area contributed by atoms with Gasteiger partial charge in [-0.05, 0) is 24.5 Å². The maximum Gasteiger partial charge on any atom is 0.103 e. The first-order chi connectivity index (χ1) is 6.40. The molecule has 0 unspecified atom stereocenters. The van der Waals surface area contributed by atoms with E-state index >= 15 is 0 Å². The van der Waals surface area contributed by atoms with E-state index in [1.165, 1.54) is 0 Å². The molecule has 0 fully saturated rings. The van der Waals surface area contributed by atoms with Crippen LogP contribution in [0, 0.1) is 11.8 Å². The van der Waals surface area contributed by atoms with E-state index in [1.54, 1.807) is 6.08 Å². The molecule has 0 radical (unpaired) electrons. The van der Waals surface area contributed by atoms with Crippen molar-refractivity contribution in [2.75, 3.05) is 5.88 Å². The fourth-order valence-corrected chi connectivity index (χ4v) is 1.33. The van der Waals surface area contributed by atoms with Gasteiger partial charge in [0.1, 0.15) is 5.83 Å². The van der Waals surface area contributed by atoms with Gasteiger partial charge in [-0.3, -0.25) is 0 Å². The molecular weight excluding hydrogens is 199 g/mol. The Labute approximate surface area is 91.8 Å². The van der Waals surface area contributed by atoms with Crippen molar-refractivity contribution >= 4 is 11.6 Å². The largest absolute Gasteiger partial charge is 0.212 e. The van der Waals surface area contributed by atoms with Gasteiger partial charge in [0, 0.05) is 11.8 Å². The number of halogens is 2. The standard InChI is InChI=1S/C12H20ClF/c1-8(2)11(10(5)7-13)6-12(14)9(3)4/h6,8-9H,7H2,1-5H3. The van der Waals surface area contributed by atoms with E-state index in [0.29, 0.717) is 11.8 Å². The first-order valence-electron chi connectivity index (χ1n) is 5.02. The first kappa shape index (κ1) is 13.7. The predicted octanol–water partition coefficient (Wildman–Crippen LogP) is 4.71. The predicted molar refractivity (Wildman–Crippen MR) is 62.3 cm³/mol. The Hall–Kier alpha value is -0.300. The minimum Gasteiger partial charge on any atom is -0.212 e. The van der Waals surface area contributed by atoms with Crippen LogP contribution in [0.5, 0.6) is 0 Å². The lowest BCUT2D eigenvalue weighted by molar-refractivity contribution is 0.517. The molecule has 0 N–H and O–H groups in total. The zero-order valence-corrected chi connectivity index (χ0v) is 10.5. The first-order valence-corrected chi connectivity index (χ1v) is 5.56. The van der Waals surface area contributed by atoms with Crippen molar-refractivity contribution in [2.24, 2.45) is 11.8 Å². The molecule has 0 bridgehead atoms. The van der Waals surface area contributed by atoms with E-state index in [1.807, 2.05) is 20.8 Å². The maximum atomic E-state index is 13.4. The smallest absolute Gasteiger partial charge is 0.103 e. The average Bonchev–Trinajstić information content (AvgIpc) is 2.11. The number of alkyl halides is 1. The van der Waals surface area contributed by atoms with Crippen molar-refractivity contribution in [3.8, 4) is 0 Å². The Morgan fingerprint density at radius 2 is 1.71 bits per heavy atom. The van der Waals surface area contributed by atoms with Crippen molar-refractivity contribution in [3.63, 3.8) is 0 Å². The quantitative estimate of drug-likeness (QED) is 0.474. The molecule has 0 spiro atoms. The Morgan fingerprint density at radius 1 is 1.21 bits per heavy atom. The van der Waals surface area contributed by atoms with Gasteiger partial charge in [-0.25, -0.2) is 4.39 Å². The second kappa shape index (κ2) is 6.23. The number of rotatable bonds is 4. The van der Waals surface area contributed by atoms with Crippen molar-refractivity contribution in [3.05, 3.63) is 23.0 Å². The van der Waals surface area contributed by atoms with Crippen LogP contribution in [0.25, 0.3) is 0 Å². The highest BCUT2D eigenvalue weighted by Crippen LogP contribution is 2.22. The van der Waals surface area contributed by atoms with Crippen LogP contribution >= 0.6 is 11.6 Å². The molecule has 82 valence electrons. The van der Waals surface area contributed by atoms with E-state index in [2.05, 4.69) is 13.8 Å². The van der Waals surface area contributed by atoms with Gasteiger partial charge in [-0.15, -0.1) is 11.6 Å². The third-order valence-corrected chi connectivity index (χ3v) is 2.56. The van der Waals surface area contributed by atoms with Gasteiger partial charge in [-0.2, -0.15) is 0 Å². The molecule has 0 aliphatic heterocycles. The Morgan fingerprint density at radius 3 is 2.00 bits per heavy atom. The third-order valence-electron chi connectivity index (χ3n) is 2.16. The zero-order chi connectivity index (χ0) is 11.3. The molecule has 0 saturated carbocycles. The summed E-state index contributed by atoms with van der Waals surface area (Å²) >= 11 is 5.74. The lowest BCUT2D eigenvalue weighted by Gasteiger charge is -2.12. The summed E-state index contributed by atoms with van der Waals surface area (Å²) in [6, 6.07) is 0. The summed E-state index contributed by atoms with van der Waals surface area (Å²) < 4.78 is 13.4. The minimum absolute atomic E-state index is 0.0492. The number of hydrogen-bond donors (Lipinski definition) is 0. The summed E-state index contributed by atoms with van der Waals surface area (Å²) in [5.74, 6) is 0.665. The highest BCUT2D eigenvalue weighted by atomic mass is 35.5. The zero-order valence-electron chi connectivity index (χ0n) is 9.70. The van der Waals surface area contributed by atoms with Gasteiger partial charge in [0.2, 0.25) is 0 Å². The lowest BCUT2D eigenvalue weighted by Crippen LogP contribution is -1.99. The van der Waals surface area contributed by atoms with E-state index in [-0.39, 0.29) is 11.7 Å². The average molecular weight is 219 g/mol. The highest BCUT2D eigenvalue weighted by molar-refractivity contribution is 6.19. The molecule has 0 aliphatic carbocycles. The summed E-state index contributed by atoms with van der Waals surface area (Å²) in [5.41, 5.74) is 2.07. The molecule has 0 nitrogen and oxygen atoms in total. The van der Waals surface area contributed by atoms with Gasteiger partial charge in [0.25, 0.3) is 0 Å². The van der Waals surface area contributed by atoms with Crippen LogP contribution in [0.15, 0.2) is 23.0 Å². The maximum absolute atomic E-state index is 13.4. The second-order valence-electron chi connectivity index (χ2n) is 4.21. The van der Waals surface area contributed by atoms with E-state index < -0.39 is 0 Å². The number of allylic oxidation sites excluding steroid dienone is 4. The lowest BCUT2D eigenvalue weighted by atomic mass is 9.96. The van der Waals surface area contributed by atoms with Crippen LogP contribution in [0.1, 0.15) is 34.6 Å². The molecule has 0 aromatic rings. The van der Waals surface area contributed by atoms with Crippen LogP contribution in [-0.4, -0.2) is 5.88 Å². The molecule has 2 heteroatoms. The van der Waals surface area contributed by atoms with Gasteiger partial charge in [0.15, 0.2) is 0 Å². The summed E-state index contributed by atoms with van der Waals surface area (Å²) in [7, 11) is 0. The van der Waals surface area contributed by atoms with Gasteiger partial charge >= 0.3 is 0 Å². The third kappa shape index (κ3) is 4.28. The summed E-state index contributed by atoms with van der Waals surface area (Å²) in [4.78, 5) is 0. The van der Waals surface area contributed by atoms with E-state index in [0.717, 1.165) is 11.1 Å². The molecule has 14 heavy (non-hydrogen) atoms. The molecule has 0 rings (SSSR count). The normalized spacial score (nSPS) is 15.1. The second-order valence-corrected chi connectivity index (χ2v) is 4.48. The van der Waals surface area contributed by atoms with Gasteiger partial charge < -0.3 is 0 Å². The molecule has 0 aromatic carbocycles. The van der Waals surface area contributed by atoms with Crippen LogP contribution < -0.4 is 0 Å². The summed E-state index contributed by atoms with van der Waals surface area (Å²) in [5, 5.41) is 0. The molecule has 0 atom stereocenters. The molecule has 0 amide bonds. The minimum atomic E-state index is -0.0711. The molecule has 0 heterocycles. The Balaban J connectivity index is 4.98. The number of hydrogen-bond acceptors (Lipinski definition) is 0. The van der Waals surface area contributed by atoms with Crippen LogP contribution in [0.3, 0.4) is 0 Å². The van der Waals surface area contributed by atoms with Crippen molar-refractivity contribution in [1.82, 2.24) is 0 Å². The van der Waals surface area contributed by atoms with E-state index in [9.17, 15) is 4.39 Å². The van der Waals surface area contributed by atoms with Crippen molar-refractivity contribution in [2.45, 2.75) is 34.6 Å². The van der Waals surface area contributed by atoms with Crippen LogP contribution in [-0.2, 0) is 0 Å². The Bertz CT molecular complexity index is 237. The summed E-state index contributed by atoms with van der Waals surface area (Å²) in [6.07, 6.45) is 1.63.